The van der Waals surface area contributed by atoms with Gasteiger partial charge in [0.25, 0.3) is 0 Å². The van der Waals surface area contributed by atoms with Gasteiger partial charge in [0.2, 0.25) is 11.8 Å². The molecule has 1 aromatic carbocycles. The van der Waals surface area contributed by atoms with E-state index in [9.17, 15) is 4.79 Å². The first-order valence-corrected chi connectivity index (χ1v) is 10.1. The third-order valence-electron chi connectivity index (χ3n) is 4.46. The number of carbonyl (C=O) groups is 1. The Bertz CT molecular complexity index is 883. The van der Waals surface area contributed by atoms with Crippen molar-refractivity contribution in [3.63, 3.8) is 0 Å². The van der Waals surface area contributed by atoms with Crippen molar-refractivity contribution >= 4 is 22.9 Å². The van der Waals surface area contributed by atoms with Crippen molar-refractivity contribution < 1.29 is 9.21 Å². The lowest BCUT2D eigenvalue weighted by molar-refractivity contribution is -0.115. The van der Waals surface area contributed by atoms with Crippen molar-refractivity contribution in [2.24, 2.45) is 0 Å². The molecule has 0 saturated carbocycles. The Morgan fingerprint density at radius 1 is 1.22 bits per heavy atom. The smallest absolute Gasteiger partial charge is 0.236 e. The molecule has 2 heterocycles. The van der Waals surface area contributed by atoms with Crippen LogP contribution in [0.4, 0.5) is 5.69 Å². The standard InChI is InChI=1S/C21H25N3O2S/c1-4-24(5-2)14-16-8-6-9-17(12-16)22-20(25)13-18-15(3)26-21(23-18)19-10-7-11-27-19/h6-12H,4-5,13-14H2,1-3H3,(H,22,25). The average Bonchev–Trinajstić information content (AvgIpc) is 3.30. The number of hydrogen-bond donors (Lipinski definition) is 1. The Morgan fingerprint density at radius 2 is 2.04 bits per heavy atom. The molecule has 27 heavy (non-hydrogen) atoms. The molecule has 6 heteroatoms. The van der Waals surface area contributed by atoms with Gasteiger partial charge in [-0.1, -0.05) is 32.0 Å². The van der Waals surface area contributed by atoms with Crippen LogP contribution in [-0.4, -0.2) is 28.9 Å². The van der Waals surface area contributed by atoms with E-state index in [0.29, 0.717) is 17.3 Å². The van der Waals surface area contributed by atoms with Crippen molar-refractivity contribution in [1.29, 1.82) is 0 Å². The molecule has 5 nitrogen and oxygen atoms in total. The normalized spacial score (nSPS) is 11.1. The Labute approximate surface area is 164 Å². The van der Waals surface area contributed by atoms with E-state index in [0.717, 1.165) is 30.2 Å². The minimum absolute atomic E-state index is 0.0934. The van der Waals surface area contributed by atoms with Gasteiger partial charge >= 0.3 is 0 Å². The SMILES string of the molecule is CCN(CC)Cc1cccc(NC(=O)Cc2nc(-c3cccs3)oc2C)c1. The van der Waals surface area contributed by atoms with E-state index < -0.39 is 0 Å². The number of amides is 1. The molecular formula is C21H25N3O2S. The Kier molecular flexibility index (Phi) is 6.42. The molecule has 2 aromatic heterocycles. The van der Waals surface area contributed by atoms with Crippen LogP contribution in [0.3, 0.4) is 0 Å². The van der Waals surface area contributed by atoms with E-state index in [-0.39, 0.29) is 12.3 Å². The fourth-order valence-corrected chi connectivity index (χ4v) is 3.56. The van der Waals surface area contributed by atoms with Crippen molar-refractivity contribution in [3.05, 3.63) is 58.8 Å². The molecule has 0 aliphatic heterocycles. The van der Waals surface area contributed by atoms with Gasteiger partial charge in [0.05, 0.1) is 17.0 Å². The predicted molar refractivity (Wildman–Crippen MR) is 110 cm³/mol. The summed E-state index contributed by atoms with van der Waals surface area (Å²) in [5, 5.41) is 4.95. The number of rotatable bonds is 8. The number of thiophene rings is 1. The lowest BCUT2D eigenvalue weighted by Crippen LogP contribution is -2.22. The summed E-state index contributed by atoms with van der Waals surface area (Å²) in [6.45, 7) is 9.04. The topological polar surface area (TPSA) is 58.4 Å². The maximum atomic E-state index is 12.5. The Hall–Kier alpha value is -2.44. The summed E-state index contributed by atoms with van der Waals surface area (Å²) >= 11 is 1.57. The Morgan fingerprint density at radius 3 is 2.74 bits per heavy atom. The molecule has 3 aromatic rings. The second kappa shape index (κ2) is 8.97. The van der Waals surface area contributed by atoms with Crippen LogP contribution in [0.1, 0.15) is 30.9 Å². The van der Waals surface area contributed by atoms with Gasteiger partial charge in [-0.15, -0.1) is 11.3 Å². The van der Waals surface area contributed by atoms with E-state index in [1.807, 2.05) is 42.6 Å². The predicted octanol–water partition coefficient (Wildman–Crippen LogP) is 4.73. The molecular weight excluding hydrogens is 358 g/mol. The third-order valence-corrected chi connectivity index (χ3v) is 5.32. The summed E-state index contributed by atoms with van der Waals surface area (Å²) in [5.74, 6) is 1.17. The highest BCUT2D eigenvalue weighted by atomic mass is 32.1. The van der Waals surface area contributed by atoms with E-state index in [2.05, 4.69) is 35.1 Å². The molecule has 3 rings (SSSR count). The van der Waals surface area contributed by atoms with Crippen LogP contribution in [0.2, 0.25) is 0 Å². The van der Waals surface area contributed by atoms with Crippen molar-refractivity contribution in [2.75, 3.05) is 18.4 Å². The van der Waals surface area contributed by atoms with Gasteiger partial charge in [-0.05, 0) is 49.2 Å². The zero-order valence-corrected chi connectivity index (χ0v) is 16.8. The molecule has 0 spiro atoms. The summed E-state index contributed by atoms with van der Waals surface area (Å²) < 4.78 is 5.71. The summed E-state index contributed by atoms with van der Waals surface area (Å²) in [7, 11) is 0. The molecule has 0 aliphatic rings. The highest BCUT2D eigenvalue weighted by Gasteiger charge is 2.15. The summed E-state index contributed by atoms with van der Waals surface area (Å²) in [5.41, 5.74) is 2.67. The maximum absolute atomic E-state index is 12.5. The number of benzene rings is 1. The molecule has 0 fully saturated rings. The van der Waals surface area contributed by atoms with Crippen molar-refractivity contribution in [2.45, 2.75) is 33.7 Å². The number of hydrogen-bond acceptors (Lipinski definition) is 5. The largest absolute Gasteiger partial charge is 0.440 e. The van der Waals surface area contributed by atoms with Gasteiger partial charge in [-0.2, -0.15) is 0 Å². The maximum Gasteiger partial charge on any atom is 0.236 e. The fraction of sp³-hybridized carbons (Fsp3) is 0.333. The van der Waals surface area contributed by atoms with Gasteiger partial charge in [0.15, 0.2) is 0 Å². The first-order chi connectivity index (χ1) is 13.1. The van der Waals surface area contributed by atoms with Crippen LogP contribution in [0.5, 0.6) is 0 Å². The van der Waals surface area contributed by atoms with Gasteiger partial charge < -0.3 is 9.73 Å². The van der Waals surface area contributed by atoms with Crippen molar-refractivity contribution in [1.82, 2.24) is 9.88 Å². The first kappa shape index (κ1) is 19.3. The van der Waals surface area contributed by atoms with Gasteiger partial charge in [-0.3, -0.25) is 9.69 Å². The number of nitrogens with zero attached hydrogens (tertiary/aromatic N) is 2. The number of oxazole rings is 1. The second-order valence-electron chi connectivity index (χ2n) is 6.39. The fourth-order valence-electron chi connectivity index (χ4n) is 2.91. The Balaban J connectivity index is 1.64. The average molecular weight is 384 g/mol. The van der Waals surface area contributed by atoms with Crippen LogP contribution in [0.15, 0.2) is 46.2 Å². The molecule has 1 amide bonds. The van der Waals surface area contributed by atoms with Crippen molar-refractivity contribution in [3.8, 4) is 10.8 Å². The number of nitrogens with one attached hydrogen (secondary N) is 1. The zero-order valence-electron chi connectivity index (χ0n) is 16.0. The highest BCUT2D eigenvalue weighted by Crippen LogP contribution is 2.26. The summed E-state index contributed by atoms with van der Waals surface area (Å²) in [6, 6.07) is 11.9. The van der Waals surface area contributed by atoms with E-state index in [4.69, 9.17) is 4.42 Å². The molecule has 1 N–H and O–H groups in total. The summed E-state index contributed by atoms with van der Waals surface area (Å²) in [4.78, 5) is 20.3. The minimum Gasteiger partial charge on any atom is -0.440 e. The molecule has 0 aliphatic carbocycles. The van der Waals surface area contributed by atoms with Crippen LogP contribution in [0, 0.1) is 6.92 Å². The lowest BCUT2D eigenvalue weighted by Gasteiger charge is -2.18. The lowest BCUT2D eigenvalue weighted by atomic mass is 10.1. The molecule has 0 unspecified atom stereocenters. The minimum atomic E-state index is -0.0934. The van der Waals surface area contributed by atoms with E-state index in [1.165, 1.54) is 5.56 Å². The van der Waals surface area contributed by atoms with Gasteiger partial charge in [0.1, 0.15) is 5.76 Å². The van der Waals surface area contributed by atoms with Crippen LogP contribution < -0.4 is 5.32 Å². The molecule has 0 radical (unpaired) electrons. The monoisotopic (exact) mass is 383 g/mol. The second-order valence-corrected chi connectivity index (χ2v) is 7.33. The molecule has 0 atom stereocenters. The third kappa shape index (κ3) is 5.05. The number of anilines is 1. The first-order valence-electron chi connectivity index (χ1n) is 9.20. The van der Waals surface area contributed by atoms with E-state index in [1.54, 1.807) is 11.3 Å². The van der Waals surface area contributed by atoms with Gasteiger partial charge in [0, 0.05) is 12.2 Å². The quantitative estimate of drug-likeness (QED) is 0.611. The van der Waals surface area contributed by atoms with Crippen LogP contribution in [-0.2, 0) is 17.8 Å². The summed E-state index contributed by atoms with van der Waals surface area (Å²) in [6.07, 6.45) is 0.195. The van der Waals surface area contributed by atoms with Crippen LogP contribution in [0.25, 0.3) is 10.8 Å². The number of aryl methyl sites for hydroxylation is 1. The zero-order chi connectivity index (χ0) is 19.2. The van der Waals surface area contributed by atoms with E-state index >= 15 is 0 Å². The van der Waals surface area contributed by atoms with Gasteiger partial charge in [-0.25, -0.2) is 4.98 Å². The van der Waals surface area contributed by atoms with Crippen LogP contribution >= 0.6 is 11.3 Å². The molecule has 0 bridgehead atoms. The number of carbonyl (C=O) groups excluding carboxylic acids is 1. The molecule has 0 saturated heterocycles. The highest BCUT2D eigenvalue weighted by molar-refractivity contribution is 7.13. The molecule has 142 valence electrons. The number of aromatic nitrogens is 1.